The van der Waals surface area contributed by atoms with Gasteiger partial charge in [-0.05, 0) is 50.1 Å². The lowest BCUT2D eigenvalue weighted by Crippen LogP contribution is -2.35. The Labute approximate surface area is 204 Å². The van der Waals surface area contributed by atoms with E-state index < -0.39 is 5.82 Å². The van der Waals surface area contributed by atoms with Crippen LogP contribution in [0.5, 0.6) is 0 Å². The zero-order chi connectivity index (χ0) is 24.5. The van der Waals surface area contributed by atoms with Gasteiger partial charge in [0.25, 0.3) is 5.91 Å². The van der Waals surface area contributed by atoms with Gasteiger partial charge in [-0.15, -0.1) is 0 Å². The van der Waals surface area contributed by atoms with E-state index in [1.54, 1.807) is 17.0 Å². The predicted octanol–water partition coefficient (Wildman–Crippen LogP) is 4.49. The summed E-state index contributed by atoms with van der Waals surface area (Å²) in [6.07, 6.45) is 1.50. The van der Waals surface area contributed by atoms with Gasteiger partial charge in [0.2, 0.25) is 0 Å². The molecule has 8 heteroatoms. The van der Waals surface area contributed by atoms with Crippen LogP contribution in [0, 0.1) is 19.7 Å². The highest BCUT2D eigenvalue weighted by atomic mass is 19.1. The normalized spacial score (nSPS) is 14.4. The third kappa shape index (κ3) is 4.36. The number of fused-ring (bicyclic) bond motifs is 1. The van der Waals surface area contributed by atoms with E-state index in [4.69, 9.17) is 15.1 Å². The van der Waals surface area contributed by atoms with Gasteiger partial charge in [-0.25, -0.2) is 19.0 Å². The second-order valence-electron chi connectivity index (χ2n) is 8.94. The number of hydrogen-bond donors (Lipinski definition) is 0. The largest absolute Gasteiger partial charge is 0.354 e. The molecule has 0 aliphatic carbocycles. The number of amides is 1. The first kappa shape index (κ1) is 23.0. The first-order valence-corrected chi connectivity index (χ1v) is 12.1. The molecule has 0 saturated carbocycles. The number of carbonyl (C=O) groups is 1. The number of aromatic nitrogens is 4. The number of halogens is 1. The minimum atomic E-state index is -0.399. The van der Waals surface area contributed by atoms with Crippen molar-refractivity contribution in [2.24, 2.45) is 0 Å². The van der Waals surface area contributed by atoms with Crippen molar-refractivity contribution in [3.8, 4) is 5.69 Å². The lowest BCUT2D eigenvalue weighted by molar-refractivity contribution is 0.0766. The molecule has 35 heavy (non-hydrogen) atoms. The fraction of sp³-hybridized carbons (Fsp3) is 0.333. The Morgan fingerprint density at radius 1 is 1.00 bits per heavy atom. The second-order valence-corrected chi connectivity index (χ2v) is 8.94. The highest BCUT2D eigenvalue weighted by molar-refractivity contribution is 5.94. The topological polar surface area (TPSA) is 67.2 Å². The second kappa shape index (κ2) is 9.44. The Morgan fingerprint density at radius 3 is 2.60 bits per heavy atom. The number of para-hydroxylation sites is 1. The van der Waals surface area contributed by atoms with E-state index >= 15 is 0 Å². The van der Waals surface area contributed by atoms with Crippen LogP contribution in [0.2, 0.25) is 0 Å². The number of anilines is 1. The summed E-state index contributed by atoms with van der Waals surface area (Å²) in [6.45, 7) is 8.65. The summed E-state index contributed by atoms with van der Waals surface area (Å²) in [7, 11) is 0. The van der Waals surface area contributed by atoms with Crippen LogP contribution in [0.1, 0.15) is 40.8 Å². The third-order valence-corrected chi connectivity index (χ3v) is 6.54. The number of nitrogens with zero attached hydrogens (tertiary/aromatic N) is 6. The summed E-state index contributed by atoms with van der Waals surface area (Å²) in [5.74, 6) is 1.09. The molecule has 1 amide bonds. The smallest absolute Gasteiger partial charge is 0.254 e. The van der Waals surface area contributed by atoms with Gasteiger partial charge in [0.05, 0.1) is 16.8 Å². The number of rotatable bonds is 4. The van der Waals surface area contributed by atoms with Crippen LogP contribution in [0.25, 0.3) is 16.7 Å². The predicted molar refractivity (Wildman–Crippen MR) is 135 cm³/mol. The molecule has 7 nitrogen and oxygen atoms in total. The molecule has 0 bridgehead atoms. The van der Waals surface area contributed by atoms with Crippen molar-refractivity contribution in [2.75, 3.05) is 31.1 Å². The molecule has 1 aliphatic rings. The van der Waals surface area contributed by atoms with E-state index in [2.05, 4.69) is 24.0 Å². The van der Waals surface area contributed by atoms with Gasteiger partial charge in [0, 0.05) is 38.2 Å². The molecule has 1 aliphatic heterocycles. The monoisotopic (exact) mass is 472 g/mol. The van der Waals surface area contributed by atoms with Crippen molar-refractivity contribution in [3.63, 3.8) is 0 Å². The van der Waals surface area contributed by atoms with Crippen molar-refractivity contribution < 1.29 is 9.18 Å². The Morgan fingerprint density at radius 2 is 1.83 bits per heavy atom. The first-order valence-electron chi connectivity index (χ1n) is 12.1. The maximum Gasteiger partial charge on any atom is 0.254 e. The standard InChI is InChI=1S/C27H29FN6O/c1-4-23-29-25(24-19(3)31-34(26(24)30-23)22-12-6-5-9-18(22)2)32-13-8-14-33(16-15-32)27(35)20-10-7-11-21(28)17-20/h5-7,9-12,17H,4,8,13-16H2,1-3H3. The van der Waals surface area contributed by atoms with Crippen LogP contribution in [0.3, 0.4) is 0 Å². The Balaban J connectivity index is 1.50. The molecule has 1 saturated heterocycles. The first-order chi connectivity index (χ1) is 17.0. The zero-order valence-corrected chi connectivity index (χ0v) is 20.3. The minimum Gasteiger partial charge on any atom is -0.354 e. The summed E-state index contributed by atoms with van der Waals surface area (Å²) in [6, 6.07) is 14.0. The van der Waals surface area contributed by atoms with E-state index in [9.17, 15) is 9.18 Å². The molecule has 4 aromatic rings. The van der Waals surface area contributed by atoms with Crippen LogP contribution in [0.15, 0.2) is 48.5 Å². The van der Waals surface area contributed by atoms with E-state index in [-0.39, 0.29) is 5.91 Å². The molecule has 2 aromatic carbocycles. The van der Waals surface area contributed by atoms with Crippen molar-refractivity contribution in [1.82, 2.24) is 24.6 Å². The number of aryl methyl sites for hydroxylation is 3. The lowest BCUT2D eigenvalue weighted by atomic mass is 10.2. The van der Waals surface area contributed by atoms with Gasteiger partial charge in [-0.2, -0.15) is 5.10 Å². The molecule has 0 radical (unpaired) electrons. The van der Waals surface area contributed by atoms with E-state index in [0.29, 0.717) is 31.6 Å². The summed E-state index contributed by atoms with van der Waals surface area (Å²) in [5, 5.41) is 5.79. The van der Waals surface area contributed by atoms with Gasteiger partial charge in [-0.1, -0.05) is 31.2 Å². The molecular weight excluding hydrogens is 443 g/mol. The summed E-state index contributed by atoms with van der Waals surface area (Å²) >= 11 is 0. The van der Waals surface area contributed by atoms with Gasteiger partial charge in [-0.3, -0.25) is 4.79 Å². The third-order valence-electron chi connectivity index (χ3n) is 6.54. The van der Waals surface area contributed by atoms with Crippen LogP contribution in [-0.4, -0.2) is 56.7 Å². The Bertz CT molecular complexity index is 1400. The molecule has 2 aromatic heterocycles. The van der Waals surface area contributed by atoms with Crippen molar-refractivity contribution in [3.05, 3.63) is 77.0 Å². The Kier molecular flexibility index (Phi) is 6.19. The fourth-order valence-corrected chi connectivity index (χ4v) is 4.70. The van der Waals surface area contributed by atoms with Crippen LogP contribution >= 0.6 is 0 Å². The molecule has 0 unspecified atom stereocenters. The number of benzene rings is 2. The van der Waals surface area contributed by atoms with Crippen molar-refractivity contribution >= 4 is 22.8 Å². The SMILES string of the molecule is CCc1nc(N2CCCN(C(=O)c3cccc(F)c3)CC2)c2c(C)nn(-c3ccccc3C)c2n1. The van der Waals surface area contributed by atoms with Gasteiger partial charge in [0.1, 0.15) is 17.5 Å². The van der Waals surface area contributed by atoms with Crippen LogP contribution < -0.4 is 4.90 Å². The number of carbonyl (C=O) groups excluding carboxylic acids is 1. The quantitative estimate of drug-likeness (QED) is 0.438. The van der Waals surface area contributed by atoms with E-state index in [0.717, 1.165) is 52.6 Å². The number of hydrogen-bond acceptors (Lipinski definition) is 5. The molecular formula is C27H29FN6O. The maximum absolute atomic E-state index is 13.7. The van der Waals surface area contributed by atoms with Gasteiger partial charge >= 0.3 is 0 Å². The van der Waals surface area contributed by atoms with E-state index in [1.807, 2.05) is 30.7 Å². The molecule has 0 atom stereocenters. The highest BCUT2D eigenvalue weighted by Crippen LogP contribution is 2.30. The molecule has 3 heterocycles. The van der Waals surface area contributed by atoms with Gasteiger partial charge < -0.3 is 9.80 Å². The fourth-order valence-electron chi connectivity index (χ4n) is 4.70. The van der Waals surface area contributed by atoms with Crippen molar-refractivity contribution in [2.45, 2.75) is 33.6 Å². The average Bonchev–Trinajstić information content (AvgIpc) is 3.03. The van der Waals surface area contributed by atoms with Crippen LogP contribution in [0.4, 0.5) is 10.2 Å². The molecule has 180 valence electrons. The van der Waals surface area contributed by atoms with Crippen LogP contribution in [-0.2, 0) is 6.42 Å². The zero-order valence-electron chi connectivity index (χ0n) is 20.3. The van der Waals surface area contributed by atoms with E-state index in [1.165, 1.54) is 12.1 Å². The summed E-state index contributed by atoms with van der Waals surface area (Å²) in [4.78, 5) is 26.8. The average molecular weight is 473 g/mol. The molecule has 5 rings (SSSR count). The summed E-state index contributed by atoms with van der Waals surface area (Å²) in [5.41, 5.74) is 4.18. The maximum atomic E-state index is 13.7. The van der Waals surface area contributed by atoms with Gasteiger partial charge in [0.15, 0.2) is 5.65 Å². The summed E-state index contributed by atoms with van der Waals surface area (Å²) < 4.78 is 15.6. The molecule has 1 fully saturated rings. The highest BCUT2D eigenvalue weighted by Gasteiger charge is 2.25. The minimum absolute atomic E-state index is 0.142. The molecule has 0 spiro atoms. The lowest BCUT2D eigenvalue weighted by Gasteiger charge is -2.24. The Hall–Kier alpha value is -3.81. The van der Waals surface area contributed by atoms with Crippen molar-refractivity contribution in [1.29, 1.82) is 0 Å². The molecule has 0 N–H and O–H groups in total.